The van der Waals surface area contributed by atoms with Gasteiger partial charge in [-0.3, -0.25) is 14.9 Å². The Morgan fingerprint density at radius 2 is 1.72 bits per heavy atom. The first-order chi connectivity index (χ1) is 13.8. The molecule has 8 nitrogen and oxygen atoms in total. The summed E-state index contributed by atoms with van der Waals surface area (Å²) in [6.45, 7) is 0. The van der Waals surface area contributed by atoms with Gasteiger partial charge < -0.3 is 10.6 Å². The highest BCUT2D eigenvalue weighted by atomic mass is 32.2. The summed E-state index contributed by atoms with van der Waals surface area (Å²) in [6.07, 6.45) is 5.89. The first kappa shape index (κ1) is 19.9. The topological polar surface area (TPSA) is 121 Å². The Morgan fingerprint density at radius 1 is 1.00 bits per heavy atom. The van der Waals surface area contributed by atoms with Crippen molar-refractivity contribution in [3.05, 3.63) is 29.8 Å². The zero-order chi connectivity index (χ0) is 20.6. The van der Waals surface area contributed by atoms with Crippen LogP contribution in [-0.4, -0.2) is 43.1 Å². The van der Waals surface area contributed by atoms with Gasteiger partial charge in [0.2, 0.25) is 0 Å². The molecule has 2 saturated carbocycles. The average Bonchev–Trinajstić information content (AvgIpc) is 2.79. The fraction of sp³-hybridized carbons (Fsp3) is 0.550. The molecule has 1 aliphatic heterocycles. The summed E-state index contributed by atoms with van der Waals surface area (Å²) < 4.78 is 25.0. The van der Waals surface area contributed by atoms with Crippen LogP contribution in [0.5, 0.6) is 0 Å². The van der Waals surface area contributed by atoms with E-state index in [0.29, 0.717) is 31.2 Å². The third kappa shape index (κ3) is 3.52. The number of hydrogen-bond acceptors (Lipinski definition) is 5. The van der Waals surface area contributed by atoms with Crippen LogP contribution >= 0.6 is 0 Å². The lowest BCUT2D eigenvalue weighted by atomic mass is 9.85. The predicted octanol–water partition coefficient (Wildman–Crippen LogP) is 1.65. The number of imide groups is 1. The number of hydrogen-bond donors (Lipinski definition) is 3. The Labute approximate surface area is 169 Å². The molecule has 3 N–H and O–H groups in total. The minimum absolute atomic E-state index is 0.229. The van der Waals surface area contributed by atoms with Crippen molar-refractivity contribution in [3.8, 4) is 0 Å². The number of nitrogens with one attached hydrogen (secondary N) is 3. The highest BCUT2D eigenvalue weighted by Crippen LogP contribution is 2.32. The summed E-state index contributed by atoms with van der Waals surface area (Å²) >= 11 is 0. The van der Waals surface area contributed by atoms with Gasteiger partial charge in [0.1, 0.15) is 5.54 Å². The zero-order valence-corrected chi connectivity index (χ0v) is 16.9. The van der Waals surface area contributed by atoms with Crippen LogP contribution in [0.2, 0.25) is 0 Å². The van der Waals surface area contributed by atoms with Crippen LogP contribution in [0.25, 0.3) is 0 Å². The van der Waals surface area contributed by atoms with E-state index in [2.05, 4.69) is 16.0 Å². The molecule has 0 bridgehead atoms. The number of urea groups is 1. The Kier molecular flexibility index (Phi) is 5.10. The third-order valence-corrected chi connectivity index (χ3v) is 8.65. The highest BCUT2D eigenvalue weighted by molar-refractivity contribution is 7.92. The van der Waals surface area contributed by atoms with Gasteiger partial charge in [-0.2, -0.15) is 0 Å². The molecule has 156 valence electrons. The molecule has 3 aliphatic rings. The van der Waals surface area contributed by atoms with Gasteiger partial charge in [-0.05, 0) is 49.9 Å². The van der Waals surface area contributed by atoms with Crippen LogP contribution < -0.4 is 16.0 Å². The molecular formula is C20H25N3O5S. The van der Waals surface area contributed by atoms with Gasteiger partial charge in [-0.1, -0.05) is 25.7 Å². The van der Waals surface area contributed by atoms with Crippen molar-refractivity contribution < 1.29 is 22.8 Å². The van der Waals surface area contributed by atoms with Gasteiger partial charge >= 0.3 is 6.03 Å². The number of carbonyl (C=O) groups is 3. The summed E-state index contributed by atoms with van der Waals surface area (Å²) in [5.41, 5.74) is -0.807. The Morgan fingerprint density at radius 3 is 2.31 bits per heavy atom. The van der Waals surface area contributed by atoms with Gasteiger partial charge in [0.05, 0.1) is 16.2 Å². The molecule has 29 heavy (non-hydrogen) atoms. The maximum Gasteiger partial charge on any atom is 0.322 e. The molecule has 9 heteroatoms. The van der Waals surface area contributed by atoms with E-state index in [1.165, 1.54) is 24.3 Å². The molecule has 2 unspecified atom stereocenters. The molecule has 1 saturated heterocycles. The lowest BCUT2D eigenvalue weighted by Crippen LogP contribution is -2.62. The van der Waals surface area contributed by atoms with Crippen molar-refractivity contribution in [2.24, 2.45) is 0 Å². The summed E-state index contributed by atoms with van der Waals surface area (Å²) in [6, 6.07) is 4.86. The van der Waals surface area contributed by atoms with Crippen molar-refractivity contribution in [3.63, 3.8) is 0 Å². The second-order valence-corrected chi connectivity index (χ2v) is 10.4. The second-order valence-electron chi connectivity index (χ2n) is 8.13. The maximum absolute atomic E-state index is 12.8. The van der Waals surface area contributed by atoms with Crippen LogP contribution in [0, 0.1) is 0 Å². The molecular weight excluding hydrogens is 394 g/mol. The number of amides is 4. The summed E-state index contributed by atoms with van der Waals surface area (Å²) in [4.78, 5) is 37.3. The lowest BCUT2D eigenvalue weighted by molar-refractivity contribution is -0.125. The highest BCUT2D eigenvalue weighted by Gasteiger charge is 2.52. The first-order valence-corrected chi connectivity index (χ1v) is 11.7. The molecule has 4 amide bonds. The van der Waals surface area contributed by atoms with Gasteiger partial charge in [-0.15, -0.1) is 0 Å². The van der Waals surface area contributed by atoms with Crippen molar-refractivity contribution in [1.29, 1.82) is 0 Å². The summed E-state index contributed by atoms with van der Waals surface area (Å²) in [7, 11) is -3.34. The van der Waals surface area contributed by atoms with Gasteiger partial charge in [-0.25, -0.2) is 13.2 Å². The average molecular weight is 420 g/mol. The molecule has 0 aromatic heterocycles. The van der Waals surface area contributed by atoms with E-state index in [4.69, 9.17) is 0 Å². The Bertz CT molecular complexity index is 939. The second kappa shape index (κ2) is 7.44. The molecule has 1 aromatic rings. The fourth-order valence-electron chi connectivity index (χ4n) is 4.38. The largest absolute Gasteiger partial charge is 0.346 e. The van der Waals surface area contributed by atoms with Crippen LogP contribution in [0.15, 0.2) is 29.2 Å². The maximum atomic E-state index is 12.8. The van der Waals surface area contributed by atoms with Crippen molar-refractivity contribution in [1.82, 2.24) is 16.0 Å². The van der Waals surface area contributed by atoms with Gasteiger partial charge in [0, 0.05) is 5.56 Å². The van der Waals surface area contributed by atoms with Crippen LogP contribution in [-0.2, 0) is 14.6 Å². The summed E-state index contributed by atoms with van der Waals surface area (Å²) in [5.74, 6) is -0.797. The Balaban J connectivity index is 1.52. The quantitative estimate of drug-likeness (QED) is 0.641. The number of benzene rings is 1. The zero-order valence-electron chi connectivity index (χ0n) is 16.1. The van der Waals surface area contributed by atoms with Crippen LogP contribution in [0.1, 0.15) is 61.7 Å². The lowest BCUT2D eigenvalue weighted by Gasteiger charge is -2.33. The van der Waals surface area contributed by atoms with Crippen LogP contribution in [0.4, 0.5) is 4.79 Å². The smallest absolute Gasteiger partial charge is 0.322 e. The van der Waals surface area contributed by atoms with Crippen LogP contribution in [0.3, 0.4) is 0 Å². The molecule has 1 heterocycles. The standard InChI is InChI=1S/C20H25N3O5S/c24-17(13-8-10-15(11-9-13)29(27,28)14-5-4-6-14)21-16-7-2-1-3-12-20(16)18(25)22-19(26)23-20/h8-11,14,16H,1-7,12H2,(H,21,24)(H2,22,23,25,26). The normalized spacial score (nSPS) is 27.7. The molecule has 1 spiro atoms. The number of rotatable bonds is 4. The van der Waals surface area contributed by atoms with E-state index in [0.717, 1.165) is 25.7 Å². The molecule has 3 fully saturated rings. The van der Waals surface area contributed by atoms with E-state index in [1.54, 1.807) is 0 Å². The van der Waals surface area contributed by atoms with E-state index in [-0.39, 0.29) is 10.1 Å². The molecule has 2 aliphatic carbocycles. The fourth-order valence-corrected chi connectivity index (χ4v) is 6.24. The summed E-state index contributed by atoms with van der Waals surface area (Å²) in [5, 5.41) is 7.59. The van der Waals surface area contributed by atoms with Crippen molar-refractivity contribution in [2.45, 2.75) is 73.1 Å². The minimum Gasteiger partial charge on any atom is -0.346 e. The third-order valence-electron chi connectivity index (χ3n) is 6.37. The monoisotopic (exact) mass is 419 g/mol. The molecule has 2 atom stereocenters. The Hall–Kier alpha value is -2.42. The van der Waals surface area contributed by atoms with E-state index >= 15 is 0 Å². The van der Waals surface area contributed by atoms with Crippen molar-refractivity contribution in [2.75, 3.05) is 0 Å². The van der Waals surface area contributed by atoms with E-state index < -0.39 is 39.3 Å². The minimum atomic E-state index is -3.34. The number of sulfone groups is 1. The van der Waals surface area contributed by atoms with E-state index in [9.17, 15) is 22.8 Å². The van der Waals surface area contributed by atoms with Gasteiger partial charge in [0.15, 0.2) is 9.84 Å². The molecule has 0 radical (unpaired) electrons. The first-order valence-electron chi connectivity index (χ1n) is 10.1. The number of carbonyl (C=O) groups excluding carboxylic acids is 3. The van der Waals surface area contributed by atoms with Crippen molar-refractivity contribution >= 4 is 27.7 Å². The van der Waals surface area contributed by atoms with Gasteiger partial charge in [0.25, 0.3) is 11.8 Å². The molecule has 4 rings (SSSR count). The predicted molar refractivity (Wildman–Crippen MR) is 105 cm³/mol. The van der Waals surface area contributed by atoms with E-state index in [1.807, 2.05) is 0 Å². The SMILES string of the molecule is O=C1NC(=O)C2(CCCCCC2NC(=O)c2ccc(S(=O)(=O)C3CCC3)cc2)N1. The molecule has 1 aromatic carbocycles.